The summed E-state index contributed by atoms with van der Waals surface area (Å²) in [5.41, 5.74) is 12.0. The van der Waals surface area contributed by atoms with Crippen molar-refractivity contribution >= 4 is 10.8 Å². The molecule has 5 nitrogen and oxygen atoms in total. The van der Waals surface area contributed by atoms with Crippen LogP contribution >= 0.6 is 0 Å². The predicted octanol–water partition coefficient (Wildman–Crippen LogP) is 13.2. The molecule has 0 N–H and O–H groups in total. The molecule has 0 unspecified atom stereocenters. The quantitative estimate of drug-likeness (QED) is 0.155. The van der Waals surface area contributed by atoms with Gasteiger partial charge in [-0.3, -0.25) is 0 Å². The molecule has 2 aromatic heterocycles. The normalized spacial score (nSPS) is 11.1. The smallest absolute Gasteiger partial charge is 0.165 e. The van der Waals surface area contributed by atoms with E-state index < -0.39 is 0 Å². The van der Waals surface area contributed by atoms with Crippen molar-refractivity contribution in [3.8, 4) is 90.3 Å². The average molecular weight is 742 g/mol. The molecule has 0 spiro atoms. The molecule has 58 heavy (non-hydrogen) atoms. The molecule has 0 radical (unpaired) electrons. The summed E-state index contributed by atoms with van der Waals surface area (Å²) >= 11 is 0. The predicted molar refractivity (Wildman–Crippen MR) is 236 cm³/mol. The largest absolute Gasteiger partial charge is 0.228 e. The maximum Gasteiger partial charge on any atom is 0.165 e. The summed E-state index contributed by atoms with van der Waals surface area (Å²) in [7, 11) is 0. The molecule has 0 aliphatic heterocycles. The Morgan fingerprint density at radius 3 is 1.26 bits per heavy atom. The Hall–Kier alpha value is -7.89. The van der Waals surface area contributed by atoms with Crippen LogP contribution in [-0.4, -0.2) is 24.9 Å². The van der Waals surface area contributed by atoms with Gasteiger partial charge in [-0.25, -0.2) is 24.9 Å². The standard InChI is InChI=1S/C53H35N5/c1-5-17-38(18-6-1)47-35-48(39-19-7-2-8-20-39)55-50(54-47)42-30-28-36(29-31-42)43-25-15-26-44(34-43)46-33-32-37-16-13-14-27-45(37)49(46)53-57-51(40-21-9-3-10-22-40)56-52(58-53)41-23-11-4-12-24-41/h1-35H. The summed E-state index contributed by atoms with van der Waals surface area (Å²) in [4.78, 5) is 25.4. The monoisotopic (exact) mass is 741 g/mol. The van der Waals surface area contributed by atoms with Crippen molar-refractivity contribution in [2.24, 2.45) is 0 Å². The molecule has 272 valence electrons. The van der Waals surface area contributed by atoms with Crippen LogP contribution in [0, 0.1) is 0 Å². The van der Waals surface area contributed by atoms with Crippen LogP contribution in [0.4, 0.5) is 0 Å². The summed E-state index contributed by atoms with van der Waals surface area (Å²) < 4.78 is 0. The molecule has 0 fully saturated rings. The molecule has 5 heteroatoms. The van der Waals surface area contributed by atoms with Crippen LogP contribution < -0.4 is 0 Å². The molecule has 10 rings (SSSR count). The number of fused-ring (bicyclic) bond motifs is 1. The Morgan fingerprint density at radius 1 is 0.241 bits per heavy atom. The lowest BCUT2D eigenvalue weighted by atomic mass is 9.91. The van der Waals surface area contributed by atoms with Gasteiger partial charge in [-0.15, -0.1) is 0 Å². The number of rotatable bonds is 8. The second-order valence-electron chi connectivity index (χ2n) is 14.1. The lowest BCUT2D eigenvalue weighted by Gasteiger charge is -2.15. The minimum atomic E-state index is 0.627. The van der Waals surface area contributed by atoms with Gasteiger partial charge in [0.25, 0.3) is 0 Å². The Bertz CT molecular complexity index is 2910. The third-order valence-corrected chi connectivity index (χ3v) is 10.4. The minimum absolute atomic E-state index is 0.627. The van der Waals surface area contributed by atoms with E-state index in [-0.39, 0.29) is 0 Å². The summed E-state index contributed by atoms with van der Waals surface area (Å²) in [6.07, 6.45) is 0. The van der Waals surface area contributed by atoms with Gasteiger partial charge in [0.15, 0.2) is 23.3 Å². The maximum atomic E-state index is 5.17. The lowest BCUT2D eigenvalue weighted by Crippen LogP contribution is -2.01. The Balaban J connectivity index is 1.07. The Kier molecular flexibility index (Phi) is 9.14. The first kappa shape index (κ1) is 34.6. The van der Waals surface area contributed by atoms with Crippen LogP contribution in [0.25, 0.3) is 101 Å². The second kappa shape index (κ2) is 15.3. The van der Waals surface area contributed by atoms with Crippen molar-refractivity contribution in [2.45, 2.75) is 0 Å². The highest BCUT2D eigenvalue weighted by molar-refractivity contribution is 6.03. The van der Waals surface area contributed by atoms with E-state index in [4.69, 9.17) is 24.9 Å². The van der Waals surface area contributed by atoms with Crippen LogP contribution in [-0.2, 0) is 0 Å². The number of hydrogen-bond donors (Lipinski definition) is 0. The molecule has 0 saturated carbocycles. The average Bonchev–Trinajstić information content (AvgIpc) is 3.32. The van der Waals surface area contributed by atoms with E-state index in [2.05, 4.69) is 115 Å². The van der Waals surface area contributed by atoms with Gasteiger partial charge in [-0.05, 0) is 45.2 Å². The van der Waals surface area contributed by atoms with E-state index in [1.165, 1.54) is 0 Å². The van der Waals surface area contributed by atoms with Crippen LogP contribution in [0.15, 0.2) is 212 Å². The molecule has 0 atom stereocenters. The van der Waals surface area contributed by atoms with Gasteiger partial charge >= 0.3 is 0 Å². The lowest BCUT2D eigenvalue weighted by molar-refractivity contribution is 1.08. The van der Waals surface area contributed by atoms with Gasteiger partial charge in [0.05, 0.1) is 11.4 Å². The molecule has 10 aromatic rings. The van der Waals surface area contributed by atoms with Crippen molar-refractivity contribution in [2.75, 3.05) is 0 Å². The van der Waals surface area contributed by atoms with E-state index in [1.54, 1.807) is 0 Å². The fourth-order valence-corrected chi connectivity index (χ4v) is 7.44. The van der Waals surface area contributed by atoms with E-state index in [9.17, 15) is 0 Å². The molecular formula is C53H35N5. The zero-order valence-corrected chi connectivity index (χ0v) is 31.4. The number of benzene rings is 8. The SMILES string of the molecule is c1ccc(-c2cc(-c3ccccc3)nc(-c3ccc(-c4cccc(-c5ccc6ccccc6c5-c5nc(-c6ccccc6)nc(-c6ccccc6)n5)c4)cc3)n2)cc1. The van der Waals surface area contributed by atoms with E-state index in [0.29, 0.717) is 23.3 Å². The van der Waals surface area contributed by atoms with Gasteiger partial charge in [0.1, 0.15) is 0 Å². The van der Waals surface area contributed by atoms with Crippen molar-refractivity contribution in [1.82, 2.24) is 24.9 Å². The number of aromatic nitrogens is 5. The summed E-state index contributed by atoms with van der Waals surface area (Å²) in [6, 6.07) is 72.9. The topological polar surface area (TPSA) is 64.5 Å². The molecular weight excluding hydrogens is 707 g/mol. The third-order valence-electron chi connectivity index (χ3n) is 10.4. The molecule has 0 aliphatic rings. The van der Waals surface area contributed by atoms with Crippen molar-refractivity contribution in [3.63, 3.8) is 0 Å². The first-order valence-corrected chi connectivity index (χ1v) is 19.3. The van der Waals surface area contributed by atoms with E-state index >= 15 is 0 Å². The maximum absolute atomic E-state index is 5.17. The second-order valence-corrected chi connectivity index (χ2v) is 14.1. The van der Waals surface area contributed by atoms with Crippen LogP contribution in [0.3, 0.4) is 0 Å². The minimum Gasteiger partial charge on any atom is -0.228 e. The zero-order valence-electron chi connectivity index (χ0n) is 31.4. The third kappa shape index (κ3) is 6.93. The first-order chi connectivity index (χ1) is 28.7. The number of nitrogens with zero attached hydrogens (tertiary/aromatic N) is 5. The van der Waals surface area contributed by atoms with E-state index in [0.717, 1.165) is 77.8 Å². The summed E-state index contributed by atoms with van der Waals surface area (Å²) in [5, 5.41) is 2.19. The Labute approximate surface area is 337 Å². The molecule has 0 saturated heterocycles. The van der Waals surface area contributed by atoms with Crippen LogP contribution in [0.5, 0.6) is 0 Å². The van der Waals surface area contributed by atoms with Crippen LogP contribution in [0.2, 0.25) is 0 Å². The molecule has 0 aliphatic carbocycles. The van der Waals surface area contributed by atoms with Crippen molar-refractivity contribution < 1.29 is 0 Å². The highest BCUT2D eigenvalue weighted by atomic mass is 15.0. The van der Waals surface area contributed by atoms with Crippen molar-refractivity contribution in [1.29, 1.82) is 0 Å². The Morgan fingerprint density at radius 2 is 0.672 bits per heavy atom. The zero-order chi connectivity index (χ0) is 38.7. The van der Waals surface area contributed by atoms with Gasteiger partial charge in [0, 0.05) is 33.4 Å². The van der Waals surface area contributed by atoms with Gasteiger partial charge in [0.2, 0.25) is 0 Å². The van der Waals surface area contributed by atoms with E-state index in [1.807, 2.05) is 97.1 Å². The number of hydrogen-bond acceptors (Lipinski definition) is 5. The first-order valence-electron chi connectivity index (χ1n) is 19.3. The molecule has 0 bridgehead atoms. The summed E-state index contributed by atoms with van der Waals surface area (Å²) in [5.74, 6) is 2.57. The van der Waals surface area contributed by atoms with Gasteiger partial charge < -0.3 is 0 Å². The van der Waals surface area contributed by atoms with Crippen LogP contribution in [0.1, 0.15) is 0 Å². The fraction of sp³-hybridized carbons (Fsp3) is 0. The highest BCUT2D eigenvalue weighted by Gasteiger charge is 2.19. The highest BCUT2D eigenvalue weighted by Crippen LogP contribution is 2.39. The molecule has 2 heterocycles. The van der Waals surface area contributed by atoms with Gasteiger partial charge in [-0.1, -0.05) is 200 Å². The summed E-state index contributed by atoms with van der Waals surface area (Å²) in [6.45, 7) is 0. The molecule has 0 amide bonds. The van der Waals surface area contributed by atoms with Crippen molar-refractivity contribution in [3.05, 3.63) is 212 Å². The fourth-order valence-electron chi connectivity index (χ4n) is 7.44. The molecule has 8 aromatic carbocycles. The van der Waals surface area contributed by atoms with Gasteiger partial charge in [-0.2, -0.15) is 0 Å².